The van der Waals surface area contributed by atoms with Gasteiger partial charge in [-0.15, -0.1) is 0 Å². The minimum atomic E-state index is -3.63. The predicted molar refractivity (Wildman–Crippen MR) is 95.5 cm³/mol. The van der Waals surface area contributed by atoms with Crippen molar-refractivity contribution in [3.05, 3.63) is 28.8 Å². The van der Waals surface area contributed by atoms with E-state index in [1.807, 2.05) is 6.92 Å². The number of piperazine rings is 1. The minimum absolute atomic E-state index is 0.199. The zero-order valence-electron chi connectivity index (χ0n) is 14.9. The molecule has 1 amide bonds. The van der Waals surface area contributed by atoms with Gasteiger partial charge < -0.3 is 4.90 Å². The van der Waals surface area contributed by atoms with E-state index in [1.165, 1.54) is 15.2 Å². The molecule has 11 heteroatoms. The number of hydrogen-bond acceptors (Lipinski definition) is 5. The highest BCUT2D eigenvalue weighted by atomic mass is 35.5. The topological polar surface area (TPSA) is 93.3 Å². The van der Waals surface area contributed by atoms with Crippen LogP contribution in [0.5, 0.6) is 0 Å². The van der Waals surface area contributed by atoms with Crippen molar-refractivity contribution in [1.29, 1.82) is 0 Å². The normalized spacial score (nSPS) is 16.2. The highest BCUT2D eigenvalue weighted by Crippen LogP contribution is 2.22. The molecule has 2 aromatic heterocycles. The quantitative estimate of drug-likeness (QED) is 0.754. The second kappa shape index (κ2) is 7.01. The molecule has 2 aromatic rings. The molecule has 0 atom stereocenters. The lowest BCUT2D eigenvalue weighted by atomic mass is 10.3. The van der Waals surface area contributed by atoms with E-state index in [4.69, 9.17) is 11.6 Å². The summed E-state index contributed by atoms with van der Waals surface area (Å²) in [5.41, 5.74) is 0.785. The van der Waals surface area contributed by atoms with E-state index in [1.54, 1.807) is 29.7 Å². The third-order valence-corrected chi connectivity index (χ3v) is 6.86. The first-order chi connectivity index (χ1) is 12.3. The van der Waals surface area contributed by atoms with Gasteiger partial charge in [-0.1, -0.05) is 11.6 Å². The van der Waals surface area contributed by atoms with Gasteiger partial charge in [0.05, 0.1) is 16.9 Å². The fourth-order valence-electron chi connectivity index (χ4n) is 2.86. The number of amides is 1. The number of aryl methyl sites for hydroxylation is 2. The molecule has 0 saturated carbocycles. The Hall–Kier alpha value is -1.91. The first kappa shape index (κ1) is 18.9. The van der Waals surface area contributed by atoms with Gasteiger partial charge in [0.25, 0.3) is 5.91 Å². The number of rotatable bonds is 4. The molecule has 0 bridgehead atoms. The molecule has 3 heterocycles. The Bertz CT molecular complexity index is 927. The molecule has 9 nitrogen and oxygen atoms in total. The van der Waals surface area contributed by atoms with Gasteiger partial charge in [-0.05, 0) is 13.8 Å². The Kier molecular flexibility index (Phi) is 5.09. The molecule has 1 aliphatic rings. The first-order valence-electron chi connectivity index (χ1n) is 8.26. The predicted octanol–water partition coefficient (Wildman–Crippen LogP) is 0.745. The van der Waals surface area contributed by atoms with Crippen LogP contribution >= 0.6 is 11.6 Å². The van der Waals surface area contributed by atoms with Crippen LogP contribution in [0.2, 0.25) is 5.02 Å². The van der Waals surface area contributed by atoms with Gasteiger partial charge in [0.2, 0.25) is 10.0 Å². The lowest BCUT2D eigenvalue weighted by Gasteiger charge is -2.33. The Labute approximate surface area is 157 Å². The summed E-state index contributed by atoms with van der Waals surface area (Å²) in [6.45, 7) is 5.24. The molecule has 0 unspecified atom stereocenters. The van der Waals surface area contributed by atoms with E-state index < -0.39 is 10.0 Å². The maximum atomic E-state index is 12.8. The molecular weight excluding hydrogens is 380 g/mol. The molecule has 26 heavy (non-hydrogen) atoms. The number of halogens is 1. The van der Waals surface area contributed by atoms with Gasteiger partial charge in [-0.3, -0.25) is 14.2 Å². The van der Waals surface area contributed by atoms with Crippen molar-refractivity contribution in [2.45, 2.75) is 25.3 Å². The summed E-state index contributed by atoms with van der Waals surface area (Å²) in [7, 11) is -1.93. The third-order valence-electron chi connectivity index (χ3n) is 4.58. The van der Waals surface area contributed by atoms with Crippen molar-refractivity contribution in [2.24, 2.45) is 7.05 Å². The van der Waals surface area contributed by atoms with Crippen LogP contribution in [0.3, 0.4) is 0 Å². The SMILES string of the molecule is CCn1cc(Cl)c(C(=O)N2CCN(S(=O)(=O)c3cnn(C)c3C)CC2)n1. The van der Waals surface area contributed by atoms with Gasteiger partial charge in [0.1, 0.15) is 4.90 Å². The molecule has 0 aromatic carbocycles. The zero-order chi connectivity index (χ0) is 19.1. The average Bonchev–Trinajstić information content (AvgIpc) is 3.17. The summed E-state index contributed by atoms with van der Waals surface area (Å²) in [6.07, 6.45) is 2.97. The van der Waals surface area contributed by atoms with Crippen LogP contribution in [0.15, 0.2) is 17.3 Å². The minimum Gasteiger partial charge on any atom is -0.335 e. The van der Waals surface area contributed by atoms with Gasteiger partial charge in [0, 0.05) is 46.0 Å². The standard InChI is InChI=1S/C15H21ClN6O3S/c1-4-21-10-12(16)14(18-21)15(23)20-5-7-22(8-6-20)26(24,25)13-9-17-19(3)11(13)2/h9-10H,4-8H2,1-3H3. The summed E-state index contributed by atoms with van der Waals surface area (Å²) in [5, 5.41) is 8.49. The zero-order valence-corrected chi connectivity index (χ0v) is 16.5. The number of nitrogens with zero attached hydrogens (tertiary/aromatic N) is 6. The Morgan fingerprint density at radius 3 is 2.42 bits per heavy atom. The summed E-state index contributed by atoms with van der Waals surface area (Å²) < 4.78 is 30.1. The van der Waals surface area contributed by atoms with Gasteiger partial charge >= 0.3 is 0 Å². The van der Waals surface area contributed by atoms with Crippen LogP contribution in [0, 0.1) is 6.92 Å². The molecule has 0 radical (unpaired) electrons. The molecule has 0 aliphatic carbocycles. The second-order valence-corrected chi connectivity index (χ2v) is 8.41. The summed E-state index contributed by atoms with van der Waals surface area (Å²) in [4.78, 5) is 14.4. The van der Waals surface area contributed by atoms with Crippen LogP contribution in [-0.2, 0) is 23.6 Å². The van der Waals surface area contributed by atoms with Crippen LogP contribution in [0.4, 0.5) is 0 Å². The first-order valence-corrected chi connectivity index (χ1v) is 10.1. The molecule has 0 N–H and O–H groups in total. The van der Waals surface area contributed by atoms with Crippen LogP contribution in [0.1, 0.15) is 23.1 Å². The molecular formula is C15H21ClN6O3S. The molecule has 1 fully saturated rings. The van der Waals surface area contributed by atoms with Crippen molar-refractivity contribution in [3.8, 4) is 0 Å². The number of hydrogen-bond donors (Lipinski definition) is 0. The maximum Gasteiger partial charge on any atom is 0.276 e. The van der Waals surface area contributed by atoms with Gasteiger partial charge in [0.15, 0.2) is 5.69 Å². The average molecular weight is 401 g/mol. The van der Waals surface area contributed by atoms with Gasteiger partial charge in [-0.2, -0.15) is 14.5 Å². The summed E-state index contributed by atoms with van der Waals surface area (Å²) >= 11 is 6.09. The van der Waals surface area contributed by atoms with Gasteiger partial charge in [-0.25, -0.2) is 8.42 Å². The molecule has 1 saturated heterocycles. The van der Waals surface area contributed by atoms with E-state index in [-0.39, 0.29) is 42.7 Å². The van der Waals surface area contributed by atoms with E-state index in [0.29, 0.717) is 17.3 Å². The molecule has 0 spiro atoms. The Balaban J connectivity index is 1.71. The highest BCUT2D eigenvalue weighted by molar-refractivity contribution is 7.89. The number of sulfonamides is 1. The molecule has 1 aliphatic heterocycles. The van der Waals surface area contributed by atoms with Crippen molar-refractivity contribution in [1.82, 2.24) is 28.8 Å². The lowest BCUT2D eigenvalue weighted by Crippen LogP contribution is -2.50. The summed E-state index contributed by atoms with van der Waals surface area (Å²) in [6, 6.07) is 0. The fourth-order valence-corrected chi connectivity index (χ4v) is 4.70. The van der Waals surface area contributed by atoms with E-state index in [9.17, 15) is 13.2 Å². The van der Waals surface area contributed by atoms with E-state index >= 15 is 0 Å². The second-order valence-electron chi connectivity index (χ2n) is 6.10. The van der Waals surface area contributed by atoms with Crippen molar-refractivity contribution in [2.75, 3.05) is 26.2 Å². The highest BCUT2D eigenvalue weighted by Gasteiger charge is 2.33. The van der Waals surface area contributed by atoms with Crippen LogP contribution in [0.25, 0.3) is 0 Å². The smallest absolute Gasteiger partial charge is 0.276 e. The molecule has 142 valence electrons. The van der Waals surface area contributed by atoms with E-state index in [0.717, 1.165) is 0 Å². The number of carbonyl (C=O) groups is 1. The Morgan fingerprint density at radius 2 is 1.92 bits per heavy atom. The number of carbonyl (C=O) groups excluding carboxylic acids is 1. The van der Waals surface area contributed by atoms with Crippen molar-refractivity contribution < 1.29 is 13.2 Å². The fraction of sp³-hybridized carbons (Fsp3) is 0.533. The largest absolute Gasteiger partial charge is 0.335 e. The maximum absolute atomic E-state index is 12.8. The third kappa shape index (κ3) is 3.24. The molecule has 3 rings (SSSR count). The Morgan fingerprint density at radius 1 is 1.27 bits per heavy atom. The monoisotopic (exact) mass is 400 g/mol. The lowest BCUT2D eigenvalue weighted by molar-refractivity contribution is 0.0691. The van der Waals surface area contributed by atoms with Crippen molar-refractivity contribution in [3.63, 3.8) is 0 Å². The summed E-state index contributed by atoms with van der Waals surface area (Å²) in [5.74, 6) is -0.281. The van der Waals surface area contributed by atoms with E-state index in [2.05, 4.69) is 10.2 Å². The van der Waals surface area contributed by atoms with Crippen LogP contribution < -0.4 is 0 Å². The number of aromatic nitrogens is 4. The van der Waals surface area contributed by atoms with Crippen LogP contribution in [-0.4, -0.2) is 69.3 Å². The van der Waals surface area contributed by atoms with Crippen molar-refractivity contribution >= 4 is 27.5 Å².